The lowest BCUT2D eigenvalue weighted by Crippen LogP contribution is -2.47. The van der Waals surface area contributed by atoms with Gasteiger partial charge in [-0.1, -0.05) is 44.2 Å². The van der Waals surface area contributed by atoms with E-state index >= 15 is 0 Å². The van der Waals surface area contributed by atoms with Gasteiger partial charge in [-0.3, -0.25) is 0 Å². The Bertz CT molecular complexity index is 956. The SMILES string of the molecule is COc1cc(C(C#N)(CCCN2CCN(CCCc3ccccc3)CC2)C(C)C)cc(OC)c1OC. The lowest BCUT2D eigenvalue weighted by atomic mass is 9.69. The summed E-state index contributed by atoms with van der Waals surface area (Å²) in [6.07, 6.45) is 4.11. The van der Waals surface area contributed by atoms with Crippen molar-refractivity contribution >= 4 is 0 Å². The van der Waals surface area contributed by atoms with Crippen molar-refractivity contribution in [2.75, 3.05) is 60.6 Å². The summed E-state index contributed by atoms with van der Waals surface area (Å²) in [6, 6.07) is 17.3. The van der Waals surface area contributed by atoms with Crippen LogP contribution in [0, 0.1) is 17.2 Å². The van der Waals surface area contributed by atoms with Crippen LogP contribution in [-0.4, -0.2) is 70.4 Å². The van der Waals surface area contributed by atoms with Gasteiger partial charge in [0.05, 0.1) is 32.8 Å². The molecule has 1 heterocycles. The highest BCUT2D eigenvalue weighted by atomic mass is 16.5. The van der Waals surface area contributed by atoms with Gasteiger partial charge in [0.2, 0.25) is 5.75 Å². The van der Waals surface area contributed by atoms with Crippen molar-refractivity contribution in [2.45, 2.75) is 44.9 Å². The van der Waals surface area contributed by atoms with Crippen LogP contribution in [0.5, 0.6) is 17.2 Å². The molecule has 6 nitrogen and oxygen atoms in total. The second-order valence-electron chi connectivity index (χ2n) is 10.0. The van der Waals surface area contributed by atoms with Crippen LogP contribution in [0.3, 0.4) is 0 Å². The van der Waals surface area contributed by atoms with Crippen LogP contribution in [0.25, 0.3) is 0 Å². The fraction of sp³-hybridized carbons (Fsp3) is 0.567. The summed E-state index contributed by atoms with van der Waals surface area (Å²) >= 11 is 0. The van der Waals surface area contributed by atoms with Crippen LogP contribution in [-0.2, 0) is 11.8 Å². The van der Waals surface area contributed by atoms with Gasteiger partial charge < -0.3 is 24.0 Å². The fourth-order valence-electron chi connectivity index (χ4n) is 5.32. The Morgan fingerprint density at radius 2 is 1.42 bits per heavy atom. The van der Waals surface area contributed by atoms with Gasteiger partial charge in [0.15, 0.2) is 11.5 Å². The number of nitrogens with zero attached hydrogens (tertiary/aromatic N) is 3. The number of hydrogen-bond donors (Lipinski definition) is 0. The smallest absolute Gasteiger partial charge is 0.203 e. The Balaban J connectivity index is 1.55. The topological polar surface area (TPSA) is 58.0 Å². The van der Waals surface area contributed by atoms with E-state index in [1.807, 2.05) is 12.1 Å². The summed E-state index contributed by atoms with van der Waals surface area (Å²) in [6.45, 7) is 10.9. The van der Waals surface area contributed by atoms with Gasteiger partial charge in [-0.2, -0.15) is 5.26 Å². The normalized spacial score (nSPS) is 16.4. The minimum atomic E-state index is -0.619. The molecule has 0 bridgehead atoms. The molecule has 0 spiro atoms. The van der Waals surface area contributed by atoms with Crippen LogP contribution in [0.2, 0.25) is 0 Å². The molecule has 0 radical (unpaired) electrons. The van der Waals surface area contributed by atoms with Crippen molar-refractivity contribution in [2.24, 2.45) is 5.92 Å². The average Bonchev–Trinajstić information content (AvgIpc) is 2.91. The zero-order chi connectivity index (χ0) is 26.0. The van der Waals surface area contributed by atoms with E-state index in [9.17, 15) is 5.26 Å². The summed E-state index contributed by atoms with van der Waals surface area (Å²) in [7, 11) is 4.83. The fourth-order valence-corrected chi connectivity index (χ4v) is 5.32. The van der Waals surface area contributed by atoms with Crippen LogP contribution in [0.1, 0.15) is 44.2 Å². The standard InChI is InChI=1S/C30H43N3O3/c1-24(2)30(23-31,26-21-27(34-3)29(36-5)28(22-26)35-4)14-10-16-33-19-17-32(18-20-33)15-9-13-25-11-7-6-8-12-25/h6-8,11-12,21-22,24H,9-10,13-20H2,1-5H3. The Morgan fingerprint density at radius 3 is 1.89 bits per heavy atom. The number of benzene rings is 2. The Labute approximate surface area is 217 Å². The molecule has 1 aliphatic rings. The summed E-state index contributed by atoms with van der Waals surface area (Å²) in [4.78, 5) is 5.13. The van der Waals surface area contributed by atoms with Crippen molar-refractivity contribution in [3.63, 3.8) is 0 Å². The molecule has 1 atom stereocenters. The van der Waals surface area contributed by atoms with Crippen molar-refractivity contribution in [3.8, 4) is 23.3 Å². The number of nitriles is 1. The number of aryl methyl sites for hydroxylation is 1. The Morgan fingerprint density at radius 1 is 0.861 bits per heavy atom. The maximum Gasteiger partial charge on any atom is 0.203 e. The van der Waals surface area contributed by atoms with E-state index in [0.29, 0.717) is 17.2 Å². The third-order valence-electron chi connectivity index (χ3n) is 7.66. The zero-order valence-corrected chi connectivity index (χ0v) is 22.8. The van der Waals surface area contributed by atoms with Crippen LogP contribution >= 0.6 is 0 Å². The van der Waals surface area contributed by atoms with E-state index < -0.39 is 5.41 Å². The van der Waals surface area contributed by atoms with Gasteiger partial charge >= 0.3 is 0 Å². The monoisotopic (exact) mass is 493 g/mol. The number of ether oxygens (including phenoxy) is 3. The molecule has 0 N–H and O–H groups in total. The lowest BCUT2D eigenvalue weighted by Gasteiger charge is -2.36. The molecule has 0 aromatic heterocycles. The minimum Gasteiger partial charge on any atom is -0.493 e. The predicted molar refractivity (Wildman–Crippen MR) is 145 cm³/mol. The highest BCUT2D eigenvalue weighted by molar-refractivity contribution is 5.56. The number of piperazine rings is 1. The molecule has 1 aliphatic heterocycles. The van der Waals surface area contributed by atoms with E-state index in [1.54, 1.807) is 21.3 Å². The summed E-state index contributed by atoms with van der Waals surface area (Å²) in [5.74, 6) is 1.89. The number of hydrogen-bond acceptors (Lipinski definition) is 6. The highest BCUT2D eigenvalue weighted by Gasteiger charge is 2.37. The molecule has 0 saturated carbocycles. The molecular weight excluding hydrogens is 450 g/mol. The van der Waals surface area contributed by atoms with E-state index in [2.05, 4.69) is 60.0 Å². The van der Waals surface area contributed by atoms with Gasteiger partial charge in [-0.25, -0.2) is 0 Å². The molecule has 0 amide bonds. The quantitative estimate of drug-likeness (QED) is 0.384. The molecule has 1 unspecified atom stereocenters. The molecule has 196 valence electrons. The third kappa shape index (κ3) is 6.72. The average molecular weight is 494 g/mol. The number of methoxy groups -OCH3 is 3. The first-order valence-corrected chi connectivity index (χ1v) is 13.2. The largest absolute Gasteiger partial charge is 0.493 e. The van der Waals surface area contributed by atoms with E-state index in [0.717, 1.165) is 64.1 Å². The van der Waals surface area contributed by atoms with E-state index in [1.165, 1.54) is 12.0 Å². The van der Waals surface area contributed by atoms with Crippen LogP contribution in [0.4, 0.5) is 0 Å². The summed E-state index contributed by atoms with van der Waals surface area (Å²) in [5.41, 5.74) is 1.73. The van der Waals surface area contributed by atoms with Gasteiger partial charge in [-0.15, -0.1) is 0 Å². The first-order valence-electron chi connectivity index (χ1n) is 13.2. The third-order valence-corrected chi connectivity index (χ3v) is 7.66. The second-order valence-corrected chi connectivity index (χ2v) is 10.0. The second kappa shape index (κ2) is 13.5. The number of rotatable bonds is 13. The minimum absolute atomic E-state index is 0.145. The van der Waals surface area contributed by atoms with Crippen molar-refractivity contribution in [1.82, 2.24) is 9.80 Å². The van der Waals surface area contributed by atoms with Crippen molar-refractivity contribution in [3.05, 3.63) is 53.6 Å². The molecule has 3 rings (SSSR count). The molecule has 2 aromatic carbocycles. The van der Waals surface area contributed by atoms with E-state index in [-0.39, 0.29) is 5.92 Å². The first kappa shape index (κ1) is 27.8. The maximum absolute atomic E-state index is 10.4. The Kier molecular flexibility index (Phi) is 10.5. The van der Waals surface area contributed by atoms with E-state index in [4.69, 9.17) is 14.2 Å². The van der Waals surface area contributed by atoms with Crippen LogP contribution < -0.4 is 14.2 Å². The summed E-state index contributed by atoms with van der Waals surface area (Å²) in [5, 5.41) is 10.4. The first-order chi connectivity index (χ1) is 17.5. The van der Waals surface area contributed by atoms with Crippen LogP contribution in [0.15, 0.2) is 42.5 Å². The van der Waals surface area contributed by atoms with Gasteiger partial charge in [-0.05, 0) is 68.0 Å². The molecule has 2 aromatic rings. The Hall–Kier alpha value is -2.75. The van der Waals surface area contributed by atoms with Gasteiger partial charge in [0.1, 0.15) is 0 Å². The van der Waals surface area contributed by atoms with Crippen molar-refractivity contribution in [1.29, 1.82) is 5.26 Å². The maximum atomic E-state index is 10.4. The van der Waals surface area contributed by atoms with Gasteiger partial charge in [0, 0.05) is 26.2 Å². The summed E-state index contributed by atoms with van der Waals surface area (Å²) < 4.78 is 16.6. The molecule has 0 aliphatic carbocycles. The van der Waals surface area contributed by atoms with Gasteiger partial charge in [0.25, 0.3) is 0 Å². The molecule has 6 heteroatoms. The lowest BCUT2D eigenvalue weighted by molar-refractivity contribution is 0.127. The molecule has 1 saturated heterocycles. The highest BCUT2D eigenvalue weighted by Crippen LogP contribution is 2.45. The van der Waals surface area contributed by atoms with Crippen molar-refractivity contribution < 1.29 is 14.2 Å². The zero-order valence-electron chi connectivity index (χ0n) is 22.8. The molecule has 1 fully saturated rings. The molecule has 36 heavy (non-hydrogen) atoms. The predicted octanol–water partition coefficient (Wildman–Crippen LogP) is 5.16. The molecular formula is C30H43N3O3.